The highest BCUT2D eigenvalue weighted by Gasteiger charge is 2.13. The van der Waals surface area contributed by atoms with Crippen molar-refractivity contribution in [3.8, 4) is 0 Å². The number of amides is 2. The summed E-state index contributed by atoms with van der Waals surface area (Å²) in [4.78, 5) is 23.8. The summed E-state index contributed by atoms with van der Waals surface area (Å²) in [6, 6.07) is 6.88. The van der Waals surface area contributed by atoms with E-state index in [2.05, 4.69) is 16.0 Å². The van der Waals surface area contributed by atoms with E-state index in [9.17, 15) is 9.59 Å². The molecule has 0 atom stereocenters. The van der Waals surface area contributed by atoms with Crippen molar-refractivity contribution in [2.24, 2.45) is 5.92 Å². The second-order valence-electron chi connectivity index (χ2n) is 5.48. The molecule has 0 aromatic heterocycles. The van der Waals surface area contributed by atoms with Crippen molar-refractivity contribution < 1.29 is 14.7 Å². The molecule has 1 rings (SSSR count). The number of anilines is 1. The molecule has 0 radical (unpaired) electrons. The molecule has 0 fully saturated rings. The van der Waals surface area contributed by atoms with Crippen LogP contribution in [0.3, 0.4) is 0 Å². The summed E-state index contributed by atoms with van der Waals surface area (Å²) >= 11 is 5.11. The van der Waals surface area contributed by atoms with Crippen LogP contribution in [0.2, 0.25) is 0 Å². The smallest absolute Gasteiger partial charge is 0.253 e. The van der Waals surface area contributed by atoms with Crippen LogP contribution in [-0.4, -0.2) is 35.2 Å². The van der Waals surface area contributed by atoms with Gasteiger partial charge in [-0.3, -0.25) is 9.59 Å². The van der Waals surface area contributed by atoms with Gasteiger partial charge in [-0.2, -0.15) is 0 Å². The Hall–Kier alpha value is -1.99. The van der Waals surface area contributed by atoms with Gasteiger partial charge in [0.2, 0.25) is 5.91 Å². The normalized spacial score (nSPS) is 10.3. The molecule has 0 saturated carbocycles. The zero-order valence-electron chi connectivity index (χ0n) is 13.4. The van der Waals surface area contributed by atoms with Crippen LogP contribution in [0.4, 0.5) is 5.69 Å². The molecule has 0 heterocycles. The van der Waals surface area contributed by atoms with E-state index in [1.807, 2.05) is 13.8 Å². The SMILES string of the molecule is CC(C)CC(=O)NC(=S)Nc1ccccc1C(=O)NCCCO. The van der Waals surface area contributed by atoms with E-state index in [1.165, 1.54) is 0 Å². The van der Waals surface area contributed by atoms with Crippen LogP contribution >= 0.6 is 12.2 Å². The van der Waals surface area contributed by atoms with Gasteiger partial charge in [0.1, 0.15) is 0 Å². The molecule has 0 aliphatic heterocycles. The first kappa shape index (κ1) is 19.1. The van der Waals surface area contributed by atoms with Crippen molar-refractivity contribution in [2.45, 2.75) is 26.7 Å². The monoisotopic (exact) mass is 337 g/mol. The molecule has 0 aliphatic rings. The number of hydrogen-bond acceptors (Lipinski definition) is 4. The van der Waals surface area contributed by atoms with Crippen molar-refractivity contribution in [1.82, 2.24) is 10.6 Å². The fourth-order valence-corrected chi connectivity index (χ4v) is 2.09. The third-order valence-electron chi connectivity index (χ3n) is 2.89. The van der Waals surface area contributed by atoms with E-state index < -0.39 is 0 Å². The number of carbonyl (C=O) groups excluding carboxylic acids is 2. The van der Waals surface area contributed by atoms with Gasteiger partial charge in [0.15, 0.2) is 5.11 Å². The second-order valence-corrected chi connectivity index (χ2v) is 5.89. The summed E-state index contributed by atoms with van der Waals surface area (Å²) < 4.78 is 0. The highest BCUT2D eigenvalue weighted by atomic mass is 32.1. The number of aliphatic hydroxyl groups is 1. The molecule has 0 bridgehead atoms. The largest absolute Gasteiger partial charge is 0.396 e. The van der Waals surface area contributed by atoms with E-state index in [4.69, 9.17) is 17.3 Å². The van der Waals surface area contributed by atoms with Gasteiger partial charge in [0, 0.05) is 19.6 Å². The summed E-state index contributed by atoms with van der Waals surface area (Å²) in [5, 5.41) is 17.1. The summed E-state index contributed by atoms with van der Waals surface area (Å²) in [5.41, 5.74) is 0.940. The first-order valence-corrected chi connectivity index (χ1v) is 7.93. The minimum atomic E-state index is -0.266. The Balaban J connectivity index is 2.68. The van der Waals surface area contributed by atoms with E-state index in [0.29, 0.717) is 30.6 Å². The maximum absolute atomic E-state index is 12.1. The van der Waals surface area contributed by atoms with E-state index in [0.717, 1.165) is 0 Å². The number of hydrogen-bond donors (Lipinski definition) is 4. The molecular formula is C16H23N3O3S. The van der Waals surface area contributed by atoms with Crippen LogP contribution in [0.1, 0.15) is 37.0 Å². The molecule has 23 heavy (non-hydrogen) atoms. The maximum atomic E-state index is 12.1. The minimum Gasteiger partial charge on any atom is -0.396 e. The molecule has 7 heteroatoms. The molecule has 2 amide bonds. The predicted molar refractivity (Wildman–Crippen MR) is 94.3 cm³/mol. The van der Waals surface area contributed by atoms with Gasteiger partial charge < -0.3 is 21.1 Å². The molecule has 1 aromatic carbocycles. The fraction of sp³-hybridized carbons (Fsp3) is 0.438. The third kappa shape index (κ3) is 7.21. The highest BCUT2D eigenvalue weighted by molar-refractivity contribution is 7.80. The van der Waals surface area contributed by atoms with E-state index >= 15 is 0 Å². The zero-order valence-corrected chi connectivity index (χ0v) is 14.2. The number of para-hydroxylation sites is 1. The third-order valence-corrected chi connectivity index (χ3v) is 3.09. The van der Waals surface area contributed by atoms with Gasteiger partial charge in [-0.1, -0.05) is 26.0 Å². The molecule has 4 N–H and O–H groups in total. The molecular weight excluding hydrogens is 314 g/mol. The molecule has 1 aromatic rings. The Kier molecular flexibility index (Phi) is 8.21. The van der Waals surface area contributed by atoms with Gasteiger partial charge in [0.25, 0.3) is 5.91 Å². The number of nitrogens with one attached hydrogen (secondary N) is 3. The van der Waals surface area contributed by atoms with Gasteiger partial charge in [0.05, 0.1) is 11.3 Å². The lowest BCUT2D eigenvalue weighted by Gasteiger charge is -2.14. The Labute approximate surface area is 141 Å². The molecule has 6 nitrogen and oxygen atoms in total. The summed E-state index contributed by atoms with van der Waals surface area (Å²) in [5.74, 6) is -0.192. The van der Waals surface area contributed by atoms with Crippen molar-refractivity contribution in [1.29, 1.82) is 0 Å². The van der Waals surface area contributed by atoms with E-state index in [-0.39, 0.29) is 29.5 Å². The Bertz CT molecular complexity index is 561. The van der Waals surface area contributed by atoms with Crippen molar-refractivity contribution in [3.63, 3.8) is 0 Å². The molecule has 0 aliphatic carbocycles. The lowest BCUT2D eigenvalue weighted by Crippen LogP contribution is -2.35. The van der Waals surface area contributed by atoms with Gasteiger partial charge >= 0.3 is 0 Å². The Morgan fingerprint density at radius 2 is 1.96 bits per heavy atom. The summed E-state index contributed by atoms with van der Waals surface area (Å²) in [6.07, 6.45) is 0.871. The summed E-state index contributed by atoms with van der Waals surface area (Å²) in [6.45, 7) is 4.30. The van der Waals surface area contributed by atoms with E-state index in [1.54, 1.807) is 24.3 Å². The molecule has 0 saturated heterocycles. The van der Waals surface area contributed by atoms with Crippen LogP contribution in [0.15, 0.2) is 24.3 Å². The topological polar surface area (TPSA) is 90.5 Å². The van der Waals surface area contributed by atoms with Gasteiger partial charge in [-0.05, 0) is 36.7 Å². The second kappa shape index (κ2) is 9.91. The lowest BCUT2D eigenvalue weighted by atomic mass is 10.1. The van der Waals surface area contributed by atoms with Crippen molar-refractivity contribution >= 4 is 34.8 Å². The Morgan fingerprint density at radius 1 is 1.26 bits per heavy atom. The number of aliphatic hydroxyl groups excluding tert-OH is 1. The average Bonchev–Trinajstić information content (AvgIpc) is 2.46. The molecule has 0 unspecified atom stereocenters. The fourth-order valence-electron chi connectivity index (χ4n) is 1.87. The number of rotatable bonds is 7. The highest BCUT2D eigenvalue weighted by Crippen LogP contribution is 2.15. The molecule has 0 spiro atoms. The number of benzene rings is 1. The van der Waals surface area contributed by atoms with Gasteiger partial charge in [-0.25, -0.2) is 0 Å². The Morgan fingerprint density at radius 3 is 2.61 bits per heavy atom. The lowest BCUT2D eigenvalue weighted by molar-refractivity contribution is -0.120. The van der Waals surface area contributed by atoms with Crippen LogP contribution in [0.5, 0.6) is 0 Å². The predicted octanol–water partition coefficient (Wildman–Crippen LogP) is 1.66. The standard InChI is InChI=1S/C16H23N3O3S/c1-11(2)10-14(21)19-16(23)18-13-7-4-3-6-12(13)15(22)17-8-5-9-20/h3-4,6-7,11,20H,5,8-10H2,1-2H3,(H,17,22)(H2,18,19,21,23). The first-order chi connectivity index (χ1) is 10.9. The quantitative estimate of drug-likeness (QED) is 0.449. The first-order valence-electron chi connectivity index (χ1n) is 7.53. The van der Waals surface area contributed by atoms with Crippen LogP contribution < -0.4 is 16.0 Å². The van der Waals surface area contributed by atoms with Crippen LogP contribution in [0.25, 0.3) is 0 Å². The van der Waals surface area contributed by atoms with Crippen LogP contribution in [0, 0.1) is 5.92 Å². The summed E-state index contributed by atoms with van der Waals surface area (Å²) in [7, 11) is 0. The van der Waals surface area contributed by atoms with Crippen LogP contribution in [-0.2, 0) is 4.79 Å². The maximum Gasteiger partial charge on any atom is 0.253 e. The van der Waals surface area contributed by atoms with Gasteiger partial charge in [-0.15, -0.1) is 0 Å². The van der Waals surface area contributed by atoms with Crippen molar-refractivity contribution in [2.75, 3.05) is 18.5 Å². The minimum absolute atomic E-state index is 0.0200. The average molecular weight is 337 g/mol. The van der Waals surface area contributed by atoms with Crippen molar-refractivity contribution in [3.05, 3.63) is 29.8 Å². The number of thiocarbonyl (C=S) groups is 1. The zero-order chi connectivity index (χ0) is 17.2. The number of carbonyl (C=O) groups is 2. The molecule has 126 valence electrons.